The van der Waals surface area contributed by atoms with Gasteiger partial charge in [0, 0.05) is 47.0 Å². The third kappa shape index (κ3) is 7.12. The predicted molar refractivity (Wildman–Crippen MR) is 153 cm³/mol. The molecule has 1 saturated carbocycles. The summed E-state index contributed by atoms with van der Waals surface area (Å²) in [7, 11) is 1.78. The van der Waals surface area contributed by atoms with E-state index in [1.165, 1.54) is 0 Å². The molecule has 4 rings (SSSR count). The number of carboxylic acid groups (broad SMARTS) is 1. The van der Waals surface area contributed by atoms with Gasteiger partial charge in [-0.25, -0.2) is 9.97 Å². The number of anilines is 1. The average molecular weight is 538 g/mol. The first kappa shape index (κ1) is 27.6. The highest BCUT2D eigenvalue weighted by molar-refractivity contribution is 6.33. The summed E-state index contributed by atoms with van der Waals surface area (Å²) in [5.41, 5.74) is 3.66. The summed E-state index contributed by atoms with van der Waals surface area (Å²) in [6, 6.07) is 8.64. The van der Waals surface area contributed by atoms with Crippen molar-refractivity contribution in [3.63, 3.8) is 0 Å². The summed E-state index contributed by atoms with van der Waals surface area (Å²) in [5, 5.41) is 21.2. The van der Waals surface area contributed by atoms with Crippen LogP contribution in [0.15, 0.2) is 61.1 Å². The predicted octanol–water partition coefficient (Wildman–Crippen LogP) is 4.61. The molecule has 9 nitrogen and oxygen atoms in total. The lowest BCUT2D eigenvalue weighted by Gasteiger charge is -2.32. The van der Waals surface area contributed by atoms with Crippen LogP contribution in [0.4, 0.5) is 5.95 Å². The Bertz CT molecular complexity index is 1290. The molecule has 38 heavy (non-hydrogen) atoms. The third-order valence-electron chi connectivity index (χ3n) is 6.94. The minimum Gasteiger partial charge on any atom is -0.480 e. The van der Waals surface area contributed by atoms with Crippen LogP contribution in [0.2, 0.25) is 5.02 Å². The Morgan fingerprint density at radius 3 is 2.92 bits per heavy atom. The second kappa shape index (κ2) is 12.9. The molecule has 0 amide bonds. The first-order chi connectivity index (χ1) is 18.3. The van der Waals surface area contributed by atoms with Gasteiger partial charge in [0.15, 0.2) is 0 Å². The highest BCUT2D eigenvalue weighted by Crippen LogP contribution is 2.32. The lowest BCUT2D eigenvalue weighted by Crippen LogP contribution is -2.46. The molecule has 1 aliphatic carbocycles. The van der Waals surface area contributed by atoms with Gasteiger partial charge in [-0.3, -0.25) is 9.69 Å². The van der Waals surface area contributed by atoms with Crippen molar-refractivity contribution in [2.24, 2.45) is 0 Å². The monoisotopic (exact) mass is 537 g/mol. The van der Waals surface area contributed by atoms with Gasteiger partial charge in [0.25, 0.3) is 0 Å². The van der Waals surface area contributed by atoms with E-state index in [0.717, 1.165) is 47.8 Å². The molecule has 0 radical (unpaired) electrons. The van der Waals surface area contributed by atoms with Crippen LogP contribution in [-0.4, -0.2) is 69.3 Å². The first-order valence-electron chi connectivity index (χ1n) is 12.9. The molecule has 202 valence electrons. The fraction of sp³-hybridized carbons (Fsp3) is 0.393. The number of rotatable bonds is 12. The maximum absolute atomic E-state index is 11.0. The van der Waals surface area contributed by atoms with E-state index >= 15 is 0 Å². The number of H-pyrrole nitrogens is 1. The van der Waals surface area contributed by atoms with E-state index in [1.54, 1.807) is 24.2 Å². The van der Waals surface area contributed by atoms with Crippen molar-refractivity contribution in [1.82, 2.24) is 30.5 Å². The second-order valence-electron chi connectivity index (χ2n) is 9.78. The summed E-state index contributed by atoms with van der Waals surface area (Å²) in [6.45, 7) is 6.36. The number of nitrogens with one attached hydrogen (secondary N) is 4. The number of halogens is 1. The third-order valence-corrected chi connectivity index (χ3v) is 7.21. The van der Waals surface area contributed by atoms with Gasteiger partial charge in [-0.1, -0.05) is 42.5 Å². The van der Waals surface area contributed by atoms with Crippen LogP contribution in [0.25, 0.3) is 22.2 Å². The van der Waals surface area contributed by atoms with Gasteiger partial charge in [0.2, 0.25) is 5.95 Å². The van der Waals surface area contributed by atoms with Crippen molar-refractivity contribution in [3.8, 4) is 11.3 Å². The molecule has 2 heterocycles. The highest BCUT2D eigenvalue weighted by Gasteiger charge is 2.23. The molecule has 0 spiro atoms. The molecule has 0 saturated heterocycles. The number of nitrogens with zero attached hydrogens (tertiary/aromatic N) is 3. The number of hydrogen-bond donors (Lipinski definition) is 5. The van der Waals surface area contributed by atoms with Crippen LogP contribution >= 0.6 is 11.6 Å². The largest absolute Gasteiger partial charge is 0.480 e. The van der Waals surface area contributed by atoms with Crippen LogP contribution in [0.1, 0.15) is 32.6 Å². The number of likely N-dealkylation sites (N-methyl/N-ethyl adjacent to an activating group) is 1. The van der Waals surface area contributed by atoms with Crippen LogP contribution in [-0.2, 0) is 4.79 Å². The quantitative estimate of drug-likeness (QED) is 0.168. The zero-order valence-electron chi connectivity index (χ0n) is 21.9. The summed E-state index contributed by atoms with van der Waals surface area (Å²) in [4.78, 5) is 25.3. The number of carbonyl (C=O) groups is 1. The van der Waals surface area contributed by atoms with E-state index in [1.807, 2.05) is 37.4 Å². The van der Waals surface area contributed by atoms with Gasteiger partial charge < -0.3 is 26.0 Å². The average Bonchev–Trinajstić information content (AvgIpc) is 3.32. The number of aromatic amines is 1. The molecule has 1 aliphatic rings. The van der Waals surface area contributed by atoms with Gasteiger partial charge in [-0.15, -0.1) is 0 Å². The molecule has 0 bridgehead atoms. The van der Waals surface area contributed by atoms with Crippen molar-refractivity contribution >= 4 is 34.4 Å². The van der Waals surface area contributed by atoms with Gasteiger partial charge in [0.1, 0.15) is 0 Å². The van der Waals surface area contributed by atoms with Crippen LogP contribution in [0, 0.1) is 0 Å². The maximum atomic E-state index is 11.0. The van der Waals surface area contributed by atoms with Crippen molar-refractivity contribution < 1.29 is 9.90 Å². The summed E-state index contributed by atoms with van der Waals surface area (Å²) >= 11 is 6.50. The second-order valence-corrected chi connectivity index (χ2v) is 10.2. The Balaban J connectivity index is 1.36. The number of fused-ring (bicyclic) bond motifs is 1. The minimum absolute atomic E-state index is 0.0340. The maximum Gasteiger partial charge on any atom is 0.317 e. The zero-order valence-corrected chi connectivity index (χ0v) is 22.6. The Morgan fingerprint density at radius 1 is 1.34 bits per heavy atom. The van der Waals surface area contributed by atoms with E-state index < -0.39 is 5.97 Å². The zero-order chi connectivity index (χ0) is 27.1. The van der Waals surface area contributed by atoms with Gasteiger partial charge >= 0.3 is 5.97 Å². The molecule has 10 heteroatoms. The fourth-order valence-electron chi connectivity index (χ4n) is 4.87. The number of carboxylic acids is 1. The van der Waals surface area contributed by atoms with Crippen LogP contribution in [0.5, 0.6) is 0 Å². The minimum atomic E-state index is -0.854. The molecule has 1 unspecified atom stereocenters. The topological polar surface area (TPSA) is 118 Å². The number of benzene rings is 1. The molecular formula is C28H36ClN7O2. The number of aromatic nitrogens is 3. The van der Waals surface area contributed by atoms with Gasteiger partial charge in [-0.05, 0) is 51.8 Å². The normalized spacial score (nSPS) is 18.9. The Morgan fingerprint density at radius 2 is 2.13 bits per heavy atom. The Hall–Kier alpha value is -3.40. The molecule has 3 aromatic rings. The standard InChI is InChI=1S/C28H36ClN7O2/c1-4-8-21(33-18(2)36(3)17-26(37)38)14-30-19-9-7-10-20(13-19)34-28-32-16-24(29)27(35-28)23-15-31-25-12-6-5-11-22(23)25/h4-6,8,11-12,15-16,18-20,30-31,33H,1,7,9-10,13-14,17H2,2-3H3,(H,37,38)(H,32,34,35)/b21-8+/t18?,19-,20+/m0/s1. The number of aliphatic carboxylic acids is 1. The van der Waals surface area contributed by atoms with Crippen molar-refractivity contribution in [3.05, 3.63) is 66.1 Å². The van der Waals surface area contributed by atoms with E-state index in [-0.39, 0.29) is 18.8 Å². The van der Waals surface area contributed by atoms with Gasteiger partial charge in [-0.2, -0.15) is 0 Å². The lowest BCUT2D eigenvalue weighted by molar-refractivity contribution is -0.138. The number of hydrogen-bond acceptors (Lipinski definition) is 7. The Kier molecular flexibility index (Phi) is 9.38. The van der Waals surface area contributed by atoms with Gasteiger partial charge in [0.05, 0.1) is 29.6 Å². The molecule has 1 fully saturated rings. The van der Waals surface area contributed by atoms with E-state index in [4.69, 9.17) is 21.7 Å². The first-order valence-corrected chi connectivity index (χ1v) is 13.3. The van der Waals surface area contributed by atoms with Crippen LogP contribution in [0.3, 0.4) is 0 Å². The van der Waals surface area contributed by atoms with Crippen molar-refractivity contribution in [2.75, 3.05) is 25.5 Å². The van der Waals surface area contributed by atoms with E-state index in [9.17, 15) is 4.79 Å². The SMILES string of the molecule is C=C/C=C(\CN[C@H]1CCC[C@@H](Nc2ncc(Cl)c(-c3c[nH]c4ccccc34)n2)C1)NC(C)N(C)CC(=O)O. The number of para-hydroxylation sites is 1. The molecule has 5 N–H and O–H groups in total. The van der Waals surface area contributed by atoms with Crippen molar-refractivity contribution in [1.29, 1.82) is 0 Å². The molecule has 2 aromatic heterocycles. The van der Waals surface area contributed by atoms with E-state index in [2.05, 4.69) is 38.6 Å². The molecule has 1 aromatic carbocycles. The summed E-state index contributed by atoms with van der Waals surface area (Å²) < 4.78 is 0. The molecule has 3 atom stereocenters. The fourth-order valence-corrected chi connectivity index (χ4v) is 5.06. The Labute approximate surface area is 228 Å². The molecule has 0 aliphatic heterocycles. The van der Waals surface area contributed by atoms with Crippen LogP contribution < -0.4 is 16.0 Å². The lowest BCUT2D eigenvalue weighted by atomic mass is 9.91. The number of allylic oxidation sites excluding steroid dienone is 2. The highest BCUT2D eigenvalue weighted by atomic mass is 35.5. The summed E-state index contributed by atoms with van der Waals surface area (Å²) in [6.07, 6.45) is 11.3. The smallest absolute Gasteiger partial charge is 0.317 e. The summed E-state index contributed by atoms with van der Waals surface area (Å²) in [5.74, 6) is -0.281. The molecular weight excluding hydrogens is 502 g/mol. The van der Waals surface area contributed by atoms with E-state index in [0.29, 0.717) is 29.3 Å². The van der Waals surface area contributed by atoms with Crippen molar-refractivity contribution in [2.45, 2.75) is 50.9 Å².